The van der Waals surface area contributed by atoms with E-state index < -0.39 is 28.8 Å². The summed E-state index contributed by atoms with van der Waals surface area (Å²) >= 11 is 0. The van der Waals surface area contributed by atoms with Crippen LogP contribution in [0.4, 0.5) is 0 Å². The van der Waals surface area contributed by atoms with Gasteiger partial charge in [-0.25, -0.2) is 0 Å². The van der Waals surface area contributed by atoms with Crippen molar-refractivity contribution in [1.29, 1.82) is 0 Å². The molecule has 3 fully saturated rings. The molecule has 0 saturated heterocycles. The van der Waals surface area contributed by atoms with E-state index in [0.717, 1.165) is 37.7 Å². The molecule has 6 nitrogen and oxygen atoms in total. The topological polar surface area (TPSA) is 101 Å². The van der Waals surface area contributed by atoms with Crippen molar-refractivity contribution in [2.45, 2.75) is 84.7 Å². The Bertz CT molecular complexity index is 918. The summed E-state index contributed by atoms with van der Waals surface area (Å²) in [4.78, 5) is 39.3. The number of carbonyl (C=O) groups is 3. The summed E-state index contributed by atoms with van der Waals surface area (Å²) in [5.74, 6) is -0.508. The number of Topliss-reactive ketones (excluding diaryl/α,β-unsaturated/α-hetero) is 1. The number of fused-ring (bicyclic) bond motifs is 5. The quantitative estimate of drug-likeness (QED) is 0.570. The summed E-state index contributed by atoms with van der Waals surface area (Å²) in [6.45, 7) is 7.42. The van der Waals surface area contributed by atoms with Crippen LogP contribution in [0.5, 0.6) is 0 Å². The Labute approximate surface area is 196 Å². The van der Waals surface area contributed by atoms with Gasteiger partial charge >= 0.3 is 5.97 Å². The lowest BCUT2D eigenvalue weighted by Gasteiger charge is -2.58. The van der Waals surface area contributed by atoms with Crippen molar-refractivity contribution >= 4 is 17.5 Å². The minimum absolute atomic E-state index is 0.0348. The molecule has 0 aromatic heterocycles. The number of esters is 1. The van der Waals surface area contributed by atoms with E-state index in [9.17, 15) is 24.6 Å². The average Bonchev–Trinajstić information content (AvgIpc) is 3.00. The average molecular weight is 459 g/mol. The van der Waals surface area contributed by atoms with Gasteiger partial charge in [-0.3, -0.25) is 14.4 Å². The molecule has 4 aliphatic rings. The number of rotatable bonds is 6. The summed E-state index contributed by atoms with van der Waals surface area (Å²) in [5, 5.41) is 19.9. The number of hydrogen-bond donors (Lipinski definition) is 2. The SMILES string of the molecule is CCCCC(=O)O[C@]1(C(=O)CO)[C@@H](C)C[C@H]2[C@@H]3CCC4=CC(O)=CC(=O)[C@]4(C)[C@H]3CC[C@@]21C. The van der Waals surface area contributed by atoms with Crippen LogP contribution in [0.2, 0.25) is 0 Å². The molecular weight excluding hydrogens is 420 g/mol. The fraction of sp³-hybridized carbons (Fsp3) is 0.741. The first-order valence-electron chi connectivity index (χ1n) is 12.6. The molecule has 0 radical (unpaired) electrons. The minimum atomic E-state index is -1.33. The maximum absolute atomic E-state index is 13.3. The van der Waals surface area contributed by atoms with Gasteiger partial charge in [0.15, 0.2) is 11.4 Å². The molecule has 0 heterocycles. The molecule has 0 bridgehead atoms. The maximum Gasteiger partial charge on any atom is 0.306 e. The number of ether oxygens (including phenoxy) is 1. The largest absolute Gasteiger partial charge is 0.508 e. The zero-order valence-corrected chi connectivity index (χ0v) is 20.4. The fourth-order valence-electron chi connectivity index (χ4n) is 8.16. The number of ketones is 2. The van der Waals surface area contributed by atoms with E-state index in [1.54, 1.807) is 6.08 Å². The first-order chi connectivity index (χ1) is 15.6. The van der Waals surface area contributed by atoms with E-state index in [2.05, 4.69) is 6.92 Å². The van der Waals surface area contributed by atoms with Crippen LogP contribution in [-0.4, -0.2) is 40.0 Å². The van der Waals surface area contributed by atoms with Crippen molar-refractivity contribution in [3.8, 4) is 0 Å². The number of carbonyl (C=O) groups excluding carboxylic acids is 3. The number of allylic oxidation sites excluding steroid dienone is 3. The van der Waals surface area contributed by atoms with Crippen molar-refractivity contribution in [2.75, 3.05) is 6.61 Å². The molecule has 0 aromatic carbocycles. The number of unbranched alkanes of at least 4 members (excludes halogenated alkanes) is 1. The van der Waals surface area contributed by atoms with E-state index in [-0.39, 0.29) is 47.6 Å². The van der Waals surface area contributed by atoms with Gasteiger partial charge < -0.3 is 14.9 Å². The van der Waals surface area contributed by atoms with Gasteiger partial charge in [-0.05, 0) is 69.3 Å². The van der Waals surface area contributed by atoms with Gasteiger partial charge in [0.1, 0.15) is 12.4 Å². The van der Waals surface area contributed by atoms with E-state index in [1.165, 1.54) is 6.08 Å². The highest BCUT2D eigenvalue weighted by molar-refractivity contribution is 5.99. The Morgan fingerprint density at radius 3 is 2.58 bits per heavy atom. The third kappa shape index (κ3) is 3.27. The molecule has 33 heavy (non-hydrogen) atoms. The van der Waals surface area contributed by atoms with Gasteiger partial charge in [0.25, 0.3) is 0 Å². The standard InChI is InChI=1S/C27H38O6/c1-5-6-7-24(32)33-27(23(31)15-28)16(2)12-21-19-9-8-17-13-18(29)14-22(30)26(17,4)20(19)10-11-25(21,27)3/h13-14,16,19-21,28-29H,5-12,15H2,1-4H3/t16-,19+,20-,21-,25-,26-,27-/m0/s1. The van der Waals surface area contributed by atoms with Crippen LogP contribution >= 0.6 is 0 Å². The van der Waals surface area contributed by atoms with Gasteiger partial charge in [-0.1, -0.05) is 32.8 Å². The van der Waals surface area contributed by atoms with Crippen LogP contribution in [0.3, 0.4) is 0 Å². The Hall–Kier alpha value is -1.95. The lowest BCUT2D eigenvalue weighted by atomic mass is 9.46. The van der Waals surface area contributed by atoms with Crippen molar-refractivity contribution in [2.24, 2.45) is 34.5 Å². The monoisotopic (exact) mass is 458 g/mol. The van der Waals surface area contributed by atoms with Crippen LogP contribution < -0.4 is 0 Å². The summed E-state index contributed by atoms with van der Waals surface area (Å²) < 4.78 is 6.12. The second-order valence-corrected chi connectivity index (χ2v) is 11.2. The van der Waals surface area contributed by atoms with Crippen LogP contribution in [0, 0.1) is 34.5 Å². The zero-order chi connectivity index (χ0) is 24.2. The predicted molar refractivity (Wildman–Crippen MR) is 123 cm³/mol. The minimum Gasteiger partial charge on any atom is -0.508 e. The van der Waals surface area contributed by atoms with Crippen molar-refractivity contribution in [3.05, 3.63) is 23.5 Å². The molecule has 6 heteroatoms. The number of aliphatic hydroxyl groups is 2. The molecule has 0 spiro atoms. The molecule has 182 valence electrons. The molecule has 7 atom stereocenters. The van der Waals surface area contributed by atoms with Gasteiger partial charge in [0.05, 0.1) is 5.41 Å². The predicted octanol–water partition coefficient (Wildman–Crippen LogP) is 4.46. The van der Waals surface area contributed by atoms with Crippen LogP contribution in [0.1, 0.15) is 79.1 Å². The van der Waals surface area contributed by atoms with E-state index in [4.69, 9.17) is 4.74 Å². The smallest absolute Gasteiger partial charge is 0.306 e. The molecule has 2 N–H and O–H groups in total. The second kappa shape index (κ2) is 8.37. The molecule has 0 amide bonds. The van der Waals surface area contributed by atoms with Crippen molar-refractivity contribution in [1.82, 2.24) is 0 Å². The van der Waals surface area contributed by atoms with Crippen molar-refractivity contribution in [3.63, 3.8) is 0 Å². The molecule has 0 aromatic rings. The lowest BCUT2D eigenvalue weighted by Crippen LogP contribution is -2.62. The highest BCUT2D eigenvalue weighted by atomic mass is 16.6. The van der Waals surface area contributed by atoms with E-state index in [0.29, 0.717) is 12.8 Å². The molecule has 4 rings (SSSR count). The summed E-state index contributed by atoms with van der Waals surface area (Å²) in [5.41, 5.74) is -1.53. The van der Waals surface area contributed by atoms with Crippen LogP contribution in [0.25, 0.3) is 0 Å². The summed E-state index contributed by atoms with van der Waals surface area (Å²) in [7, 11) is 0. The number of hydrogen-bond acceptors (Lipinski definition) is 6. The van der Waals surface area contributed by atoms with Crippen molar-refractivity contribution < 1.29 is 29.3 Å². The van der Waals surface area contributed by atoms with E-state index >= 15 is 0 Å². The first kappa shape index (κ1) is 24.2. The first-order valence-corrected chi connectivity index (χ1v) is 12.6. The van der Waals surface area contributed by atoms with Gasteiger partial charge in [-0.2, -0.15) is 0 Å². The number of aliphatic hydroxyl groups excluding tert-OH is 2. The Morgan fingerprint density at radius 1 is 1.18 bits per heavy atom. The van der Waals surface area contributed by atoms with Crippen LogP contribution in [0.15, 0.2) is 23.5 Å². The normalized spacial score (nSPS) is 41.9. The second-order valence-electron chi connectivity index (χ2n) is 11.2. The third-order valence-electron chi connectivity index (χ3n) is 9.81. The van der Waals surface area contributed by atoms with Gasteiger partial charge in [0.2, 0.25) is 5.78 Å². The highest BCUT2D eigenvalue weighted by Gasteiger charge is 2.71. The Morgan fingerprint density at radius 2 is 1.91 bits per heavy atom. The molecule has 3 saturated carbocycles. The fourth-order valence-corrected chi connectivity index (χ4v) is 8.16. The molecule has 0 unspecified atom stereocenters. The zero-order valence-electron chi connectivity index (χ0n) is 20.4. The third-order valence-corrected chi connectivity index (χ3v) is 9.81. The molecule has 0 aliphatic heterocycles. The maximum atomic E-state index is 13.3. The lowest BCUT2D eigenvalue weighted by molar-refractivity contribution is -0.196. The van der Waals surface area contributed by atoms with Gasteiger partial charge in [0, 0.05) is 23.8 Å². The van der Waals surface area contributed by atoms with Crippen LogP contribution in [-0.2, 0) is 19.1 Å². The molecule has 4 aliphatic carbocycles. The Kier molecular flexibility index (Phi) is 6.13. The Balaban J connectivity index is 1.72. The summed E-state index contributed by atoms with van der Waals surface area (Å²) in [6.07, 6.45) is 8.70. The molecular formula is C27H38O6. The summed E-state index contributed by atoms with van der Waals surface area (Å²) in [6, 6.07) is 0. The van der Waals surface area contributed by atoms with Gasteiger partial charge in [-0.15, -0.1) is 0 Å². The van der Waals surface area contributed by atoms with E-state index in [1.807, 2.05) is 20.8 Å². The highest BCUT2D eigenvalue weighted by Crippen LogP contribution is 2.69.